The molecule has 0 aromatic rings. The van der Waals surface area contributed by atoms with Crippen molar-refractivity contribution in [1.29, 1.82) is 0 Å². The van der Waals surface area contributed by atoms with E-state index in [0.717, 1.165) is 0 Å². The Labute approximate surface area is 75.9 Å². The van der Waals surface area contributed by atoms with Gasteiger partial charge in [0.15, 0.2) is 0 Å². The van der Waals surface area contributed by atoms with Crippen LogP contribution in [-0.4, -0.2) is 57.6 Å². The molecule has 4 N–H and O–H groups in total. The summed E-state index contributed by atoms with van der Waals surface area (Å²) in [7, 11) is 0. The molecule has 1 saturated heterocycles. The predicted molar refractivity (Wildman–Crippen MR) is 44.0 cm³/mol. The van der Waals surface area contributed by atoms with E-state index in [4.69, 9.17) is 9.84 Å². The zero-order valence-electron chi connectivity index (χ0n) is 7.08. The molecule has 0 amide bonds. The van der Waals surface area contributed by atoms with Crippen molar-refractivity contribution in [2.45, 2.75) is 30.5 Å². The number of rotatable bonds is 2. The summed E-state index contributed by atoms with van der Waals surface area (Å²) in [4.78, 5) is 0. The summed E-state index contributed by atoms with van der Waals surface area (Å²) in [6.07, 6.45) is -4.08. The van der Waals surface area contributed by atoms with E-state index >= 15 is 0 Å². The first kappa shape index (κ1) is 10.6. The number of ether oxygens (including phenoxy) is 1. The molecule has 0 aliphatic carbocycles. The molecule has 1 fully saturated rings. The molecule has 5 nitrogen and oxygen atoms in total. The topological polar surface area (TPSA) is 90.2 Å². The fraction of sp³-hybridized carbons (Fsp3) is 0.750. The molecule has 0 spiro atoms. The fourth-order valence-corrected chi connectivity index (χ4v) is 1.33. The zero-order valence-corrected chi connectivity index (χ0v) is 7.08. The molecule has 1 aliphatic rings. The van der Waals surface area contributed by atoms with Gasteiger partial charge in [0.2, 0.25) is 0 Å². The molecule has 1 heterocycles. The van der Waals surface area contributed by atoms with E-state index in [1.807, 2.05) is 0 Å². The third-order valence-electron chi connectivity index (χ3n) is 2.16. The molecule has 0 aromatic heterocycles. The maximum Gasteiger partial charge on any atom is 0.112 e. The smallest absolute Gasteiger partial charge is 0.112 e. The molecular weight excluding hydrogens is 176 g/mol. The van der Waals surface area contributed by atoms with Crippen molar-refractivity contribution in [3.05, 3.63) is 12.7 Å². The first-order chi connectivity index (χ1) is 6.11. The highest BCUT2D eigenvalue weighted by Gasteiger charge is 2.41. The van der Waals surface area contributed by atoms with Crippen molar-refractivity contribution in [3.63, 3.8) is 0 Å². The van der Waals surface area contributed by atoms with Crippen molar-refractivity contribution in [2.75, 3.05) is 6.61 Å². The molecule has 13 heavy (non-hydrogen) atoms. The lowest BCUT2D eigenvalue weighted by Gasteiger charge is -2.38. The van der Waals surface area contributed by atoms with Crippen LogP contribution in [0.2, 0.25) is 0 Å². The van der Waals surface area contributed by atoms with Crippen molar-refractivity contribution in [2.24, 2.45) is 0 Å². The minimum Gasteiger partial charge on any atom is -0.394 e. The molecule has 1 unspecified atom stereocenters. The second-order valence-electron chi connectivity index (χ2n) is 3.03. The third-order valence-corrected chi connectivity index (χ3v) is 2.16. The number of hydrogen-bond acceptors (Lipinski definition) is 5. The van der Waals surface area contributed by atoms with Crippen LogP contribution in [0.3, 0.4) is 0 Å². The van der Waals surface area contributed by atoms with Gasteiger partial charge in [-0.25, -0.2) is 0 Å². The number of aliphatic hydroxyl groups excluding tert-OH is 4. The lowest BCUT2D eigenvalue weighted by atomic mass is 9.95. The van der Waals surface area contributed by atoms with Crippen molar-refractivity contribution in [1.82, 2.24) is 0 Å². The maximum absolute atomic E-state index is 9.33. The molecule has 76 valence electrons. The van der Waals surface area contributed by atoms with Crippen LogP contribution in [0.25, 0.3) is 0 Å². The van der Waals surface area contributed by atoms with Gasteiger partial charge in [0.05, 0.1) is 6.61 Å². The summed E-state index contributed by atoms with van der Waals surface area (Å²) in [5, 5.41) is 36.7. The Morgan fingerprint density at radius 3 is 2.23 bits per heavy atom. The van der Waals surface area contributed by atoms with Crippen LogP contribution in [0.4, 0.5) is 0 Å². The molecule has 1 rings (SSSR count). The molecule has 1 aliphatic heterocycles. The minimum absolute atomic E-state index is 0.407. The van der Waals surface area contributed by atoms with Gasteiger partial charge in [-0.1, -0.05) is 6.08 Å². The van der Waals surface area contributed by atoms with Gasteiger partial charge in [-0.05, 0) is 0 Å². The highest BCUT2D eigenvalue weighted by Crippen LogP contribution is 2.21. The van der Waals surface area contributed by atoms with Crippen LogP contribution < -0.4 is 0 Å². The van der Waals surface area contributed by atoms with Gasteiger partial charge in [-0.2, -0.15) is 0 Å². The molecule has 5 heteroatoms. The van der Waals surface area contributed by atoms with Crippen LogP contribution in [0.1, 0.15) is 0 Å². The Kier molecular flexibility index (Phi) is 3.40. The van der Waals surface area contributed by atoms with E-state index in [1.165, 1.54) is 6.08 Å². The van der Waals surface area contributed by atoms with E-state index < -0.39 is 37.1 Å². The number of aliphatic hydroxyl groups is 4. The molecular formula is C8H14O5. The summed E-state index contributed by atoms with van der Waals surface area (Å²) in [5.74, 6) is 0. The molecule has 0 bridgehead atoms. The standard InChI is InChI=1S/C8H14O5/c1-2-4-6(10)8(12)7(11)5(3-9)13-4/h2,4-12H,1,3H2/t4?,5-,6-,7-,8-/m1/s1. The van der Waals surface area contributed by atoms with Crippen LogP contribution in [0.5, 0.6) is 0 Å². The van der Waals surface area contributed by atoms with Gasteiger partial charge < -0.3 is 25.2 Å². The lowest BCUT2D eigenvalue weighted by Crippen LogP contribution is -2.57. The van der Waals surface area contributed by atoms with E-state index in [1.54, 1.807) is 0 Å². The van der Waals surface area contributed by atoms with Gasteiger partial charge in [-0.3, -0.25) is 0 Å². The Balaban J connectivity index is 2.71. The first-order valence-electron chi connectivity index (χ1n) is 4.05. The molecule has 0 aromatic carbocycles. The zero-order chi connectivity index (χ0) is 10.0. The molecule has 5 atom stereocenters. The average molecular weight is 190 g/mol. The Morgan fingerprint density at radius 2 is 1.77 bits per heavy atom. The predicted octanol–water partition coefficient (Wildman–Crippen LogP) is -1.99. The monoisotopic (exact) mass is 190 g/mol. The number of hydrogen-bond donors (Lipinski definition) is 4. The van der Waals surface area contributed by atoms with Gasteiger partial charge in [0.25, 0.3) is 0 Å². The Hall–Kier alpha value is -0.460. The summed E-state index contributed by atoms with van der Waals surface area (Å²) in [6, 6.07) is 0. The summed E-state index contributed by atoms with van der Waals surface area (Å²) in [5.41, 5.74) is 0. The van der Waals surface area contributed by atoms with Crippen LogP contribution in [0.15, 0.2) is 12.7 Å². The van der Waals surface area contributed by atoms with Crippen LogP contribution in [0, 0.1) is 0 Å². The van der Waals surface area contributed by atoms with Crippen molar-refractivity contribution in [3.8, 4) is 0 Å². The summed E-state index contributed by atoms with van der Waals surface area (Å²) >= 11 is 0. The van der Waals surface area contributed by atoms with Crippen molar-refractivity contribution < 1.29 is 25.2 Å². The summed E-state index contributed by atoms with van der Waals surface area (Å²) < 4.78 is 5.05. The van der Waals surface area contributed by atoms with Crippen LogP contribution >= 0.6 is 0 Å². The van der Waals surface area contributed by atoms with Gasteiger partial charge in [0, 0.05) is 0 Å². The first-order valence-corrected chi connectivity index (χ1v) is 4.05. The van der Waals surface area contributed by atoms with Gasteiger partial charge >= 0.3 is 0 Å². The Morgan fingerprint density at radius 1 is 1.15 bits per heavy atom. The highest BCUT2D eigenvalue weighted by molar-refractivity contribution is 4.98. The molecule has 0 radical (unpaired) electrons. The lowest BCUT2D eigenvalue weighted by molar-refractivity contribution is -0.216. The quantitative estimate of drug-likeness (QED) is 0.379. The van der Waals surface area contributed by atoms with Crippen LogP contribution in [-0.2, 0) is 4.74 Å². The minimum atomic E-state index is -1.31. The summed E-state index contributed by atoms with van der Waals surface area (Å²) in [6.45, 7) is 3.00. The second kappa shape index (κ2) is 4.17. The molecule has 0 saturated carbocycles. The normalized spacial score (nSPS) is 46.0. The van der Waals surface area contributed by atoms with Gasteiger partial charge in [-0.15, -0.1) is 6.58 Å². The SMILES string of the molecule is C=CC1O[C@H](CO)[C@@H](O)[C@H](O)[C@@H]1O. The van der Waals surface area contributed by atoms with E-state index in [2.05, 4.69) is 6.58 Å². The van der Waals surface area contributed by atoms with E-state index in [0.29, 0.717) is 0 Å². The fourth-order valence-electron chi connectivity index (χ4n) is 1.33. The Bertz CT molecular complexity index is 181. The highest BCUT2D eigenvalue weighted by atomic mass is 16.5. The maximum atomic E-state index is 9.33. The third kappa shape index (κ3) is 1.90. The van der Waals surface area contributed by atoms with Gasteiger partial charge in [0.1, 0.15) is 30.5 Å². The average Bonchev–Trinajstić information content (AvgIpc) is 2.15. The largest absolute Gasteiger partial charge is 0.394 e. The van der Waals surface area contributed by atoms with E-state index in [9.17, 15) is 15.3 Å². The van der Waals surface area contributed by atoms with E-state index in [-0.39, 0.29) is 0 Å². The van der Waals surface area contributed by atoms with Crippen molar-refractivity contribution >= 4 is 0 Å². The second-order valence-corrected chi connectivity index (χ2v) is 3.03.